The third kappa shape index (κ3) is 6.07. The first kappa shape index (κ1) is 18.8. The summed E-state index contributed by atoms with van der Waals surface area (Å²) in [6.45, 7) is 15.9. The summed E-state index contributed by atoms with van der Waals surface area (Å²) < 4.78 is 5.98. The van der Waals surface area contributed by atoms with E-state index in [0.29, 0.717) is 6.10 Å². The predicted molar refractivity (Wildman–Crippen MR) is 104 cm³/mol. The van der Waals surface area contributed by atoms with Crippen LogP contribution in [0.5, 0.6) is 0 Å². The maximum Gasteiger partial charge on any atom is 0.0828 e. The van der Waals surface area contributed by atoms with Gasteiger partial charge in [0.2, 0.25) is 0 Å². The first-order chi connectivity index (χ1) is 12.2. The first-order valence-corrected chi connectivity index (χ1v) is 10.1. The van der Waals surface area contributed by atoms with Crippen LogP contribution in [0.4, 0.5) is 0 Å². The highest BCUT2D eigenvalue weighted by Gasteiger charge is 2.26. The van der Waals surface area contributed by atoms with Crippen molar-refractivity contribution in [3.63, 3.8) is 0 Å². The van der Waals surface area contributed by atoms with E-state index in [9.17, 15) is 0 Å². The third-order valence-corrected chi connectivity index (χ3v) is 5.43. The van der Waals surface area contributed by atoms with Crippen molar-refractivity contribution in [1.82, 2.24) is 14.7 Å². The van der Waals surface area contributed by atoms with Crippen molar-refractivity contribution in [3.8, 4) is 0 Å². The van der Waals surface area contributed by atoms with Gasteiger partial charge in [-0.3, -0.25) is 9.80 Å². The van der Waals surface area contributed by atoms with Crippen LogP contribution in [0.25, 0.3) is 0 Å². The first-order valence-electron chi connectivity index (χ1n) is 10.1. The molecule has 2 fully saturated rings. The molecule has 0 radical (unpaired) electrons. The number of rotatable bonds is 9. The second-order valence-corrected chi connectivity index (χ2v) is 7.71. The van der Waals surface area contributed by atoms with Crippen molar-refractivity contribution in [2.45, 2.75) is 39.3 Å². The van der Waals surface area contributed by atoms with Gasteiger partial charge >= 0.3 is 0 Å². The molecule has 4 nitrogen and oxygen atoms in total. The number of ether oxygens (including phenoxy) is 1. The van der Waals surface area contributed by atoms with Crippen LogP contribution < -0.4 is 0 Å². The van der Waals surface area contributed by atoms with Crippen LogP contribution in [0.1, 0.15) is 30.9 Å². The molecule has 4 heteroatoms. The molecule has 2 saturated heterocycles. The molecule has 0 aromatic heterocycles. The quantitative estimate of drug-likeness (QED) is 0.641. The topological polar surface area (TPSA) is 19.0 Å². The maximum atomic E-state index is 5.98. The molecular weight excluding hydrogens is 310 g/mol. The molecule has 3 rings (SSSR count). The fourth-order valence-corrected chi connectivity index (χ4v) is 3.79. The second kappa shape index (κ2) is 9.67. The van der Waals surface area contributed by atoms with Gasteiger partial charge in [-0.1, -0.05) is 36.8 Å². The van der Waals surface area contributed by atoms with E-state index in [1.54, 1.807) is 0 Å². The minimum Gasteiger partial charge on any atom is -0.376 e. The van der Waals surface area contributed by atoms with E-state index >= 15 is 0 Å². The summed E-state index contributed by atoms with van der Waals surface area (Å²) in [7, 11) is 0. The van der Waals surface area contributed by atoms with Crippen molar-refractivity contribution < 1.29 is 4.74 Å². The largest absolute Gasteiger partial charge is 0.376 e. The highest BCUT2D eigenvalue weighted by atomic mass is 16.5. The zero-order valence-corrected chi connectivity index (χ0v) is 16.1. The average Bonchev–Trinajstić information content (AvgIpc) is 2.59. The summed E-state index contributed by atoms with van der Waals surface area (Å²) in [5.41, 5.74) is 2.78. The lowest BCUT2D eigenvalue weighted by Crippen LogP contribution is -2.52. The van der Waals surface area contributed by atoms with E-state index in [1.807, 2.05) is 0 Å². The van der Waals surface area contributed by atoms with Gasteiger partial charge in [-0.25, -0.2) is 0 Å². The molecule has 2 aliphatic rings. The van der Waals surface area contributed by atoms with Gasteiger partial charge < -0.3 is 9.64 Å². The average molecular weight is 346 g/mol. The molecule has 0 bridgehead atoms. The Bertz CT molecular complexity index is 490. The van der Waals surface area contributed by atoms with Crippen LogP contribution in [-0.4, -0.2) is 79.8 Å². The molecule has 0 N–H and O–H groups in total. The van der Waals surface area contributed by atoms with Gasteiger partial charge in [-0.05, 0) is 31.9 Å². The fraction of sp³-hybridized carbons (Fsp3) is 0.714. The Balaban J connectivity index is 1.23. The second-order valence-electron chi connectivity index (χ2n) is 7.71. The van der Waals surface area contributed by atoms with Crippen LogP contribution in [0, 0.1) is 6.92 Å². The van der Waals surface area contributed by atoms with Crippen LogP contribution in [0.3, 0.4) is 0 Å². The fourth-order valence-electron chi connectivity index (χ4n) is 3.79. The van der Waals surface area contributed by atoms with E-state index in [-0.39, 0.29) is 0 Å². The van der Waals surface area contributed by atoms with Crippen LogP contribution in [0.15, 0.2) is 24.3 Å². The number of aryl methyl sites for hydroxylation is 1. The standard InChI is InChI=1S/C21H35N3O/c1-3-9-24-17-21(18-24)25-15-4-10-22-11-13-23(14-12-22)16-20-7-5-19(2)6-8-20/h5-8,21H,3-4,9-18H2,1-2H3. The van der Waals surface area contributed by atoms with Crippen LogP contribution in [-0.2, 0) is 11.3 Å². The summed E-state index contributed by atoms with van der Waals surface area (Å²) >= 11 is 0. The molecule has 0 saturated carbocycles. The third-order valence-electron chi connectivity index (χ3n) is 5.43. The molecule has 140 valence electrons. The zero-order valence-electron chi connectivity index (χ0n) is 16.1. The van der Waals surface area contributed by atoms with Crippen LogP contribution in [0.2, 0.25) is 0 Å². The summed E-state index contributed by atoms with van der Waals surface area (Å²) in [6, 6.07) is 8.96. The monoisotopic (exact) mass is 345 g/mol. The van der Waals surface area contributed by atoms with Gasteiger partial charge in [0, 0.05) is 59.0 Å². The summed E-state index contributed by atoms with van der Waals surface area (Å²) in [4.78, 5) is 7.66. The van der Waals surface area contributed by atoms with Crippen molar-refractivity contribution in [2.24, 2.45) is 0 Å². The Labute approximate surface area is 153 Å². The molecule has 0 unspecified atom stereocenters. The molecule has 2 aliphatic heterocycles. The van der Waals surface area contributed by atoms with Gasteiger partial charge in [-0.15, -0.1) is 0 Å². The Morgan fingerprint density at radius 1 is 0.920 bits per heavy atom. The molecular formula is C21H35N3O. The predicted octanol–water partition coefficient (Wildman–Crippen LogP) is 2.61. The molecule has 0 amide bonds. The number of benzene rings is 1. The minimum atomic E-state index is 0.498. The maximum absolute atomic E-state index is 5.98. The summed E-state index contributed by atoms with van der Waals surface area (Å²) in [5, 5.41) is 0. The number of piperazine rings is 1. The smallest absolute Gasteiger partial charge is 0.0828 e. The number of likely N-dealkylation sites (tertiary alicyclic amines) is 1. The Morgan fingerprint density at radius 2 is 1.60 bits per heavy atom. The molecule has 1 aromatic rings. The number of hydrogen-bond donors (Lipinski definition) is 0. The van der Waals surface area contributed by atoms with Crippen LogP contribution >= 0.6 is 0 Å². The number of hydrogen-bond acceptors (Lipinski definition) is 4. The van der Waals surface area contributed by atoms with Crippen molar-refractivity contribution in [3.05, 3.63) is 35.4 Å². The SMILES string of the molecule is CCCN1CC(OCCCN2CCN(Cc3ccc(C)cc3)CC2)C1. The van der Waals surface area contributed by atoms with Gasteiger partial charge in [0.05, 0.1) is 6.10 Å². The van der Waals surface area contributed by atoms with Gasteiger partial charge in [0.1, 0.15) is 0 Å². The van der Waals surface area contributed by atoms with Gasteiger partial charge in [0.15, 0.2) is 0 Å². The lowest BCUT2D eigenvalue weighted by molar-refractivity contribution is -0.0563. The summed E-state index contributed by atoms with van der Waals surface area (Å²) in [6.07, 6.45) is 2.92. The highest BCUT2D eigenvalue weighted by Crippen LogP contribution is 2.13. The van der Waals surface area contributed by atoms with Gasteiger partial charge in [-0.2, -0.15) is 0 Å². The zero-order chi connectivity index (χ0) is 17.5. The minimum absolute atomic E-state index is 0.498. The Morgan fingerprint density at radius 3 is 2.28 bits per heavy atom. The Kier molecular flexibility index (Phi) is 7.29. The molecule has 0 atom stereocenters. The van der Waals surface area contributed by atoms with Crippen molar-refractivity contribution in [2.75, 3.05) is 59.0 Å². The molecule has 2 heterocycles. The molecule has 0 aliphatic carbocycles. The summed E-state index contributed by atoms with van der Waals surface area (Å²) in [5.74, 6) is 0. The Hall–Kier alpha value is -0.940. The van der Waals surface area contributed by atoms with Gasteiger partial charge in [0.25, 0.3) is 0 Å². The lowest BCUT2D eigenvalue weighted by atomic mass is 10.1. The van der Waals surface area contributed by atoms with E-state index in [1.165, 1.54) is 63.2 Å². The van der Waals surface area contributed by atoms with E-state index in [4.69, 9.17) is 4.74 Å². The highest BCUT2D eigenvalue weighted by molar-refractivity contribution is 5.21. The van der Waals surface area contributed by atoms with Crippen molar-refractivity contribution in [1.29, 1.82) is 0 Å². The van der Waals surface area contributed by atoms with Crippen molar-refractivity contribution >= 4 is 0 Å². The van der Waals surface area contributed by atoms with E-state index < -0.39 is 0 Å². The normalized spacial score (nSPS) is 20.7. The lowest BCUT2D eigenvalue weighted by Gasteiger charge is -2.39. The molecule has 25 heavy (non-hydrogen) atoms. The van der Waals surface area contributed by atoms with E-state index in [0.717, 1.165) is 26.2 Å². The number of nitrogens with zero attached hydrogens (tertiary/aromatic N) is 3. The molecule has 0 spiro atoms. The van der Waals surface area contributed by atoms with E-state index in [2.05, 4.69) is 52.8 Å². The molecule has 1 aromatic carbocycles.